The summed E-state index contributed by atoms with van der Waals surface area (Å²) in [7, 11) is 0. The highest BCUT2D eigenvalue weighted by Gasteiger charge is 1.80. The maximum atomic E-state index is 9.00. The molecule has 74 valence electrons. The third-order valence-corrected chi connectivity index (χ3v) is 1.01. The summed E-state index contributed by atoms with van der Waals surface area (Å²) >= 11 is 0. The van der Waals surface area contributed by atoms with Crippen molar-refractivity contribution in [1.29, 1.82) is 0 Å². The van der Waals surface area contributed by atoms with E-state index in [1.807, 2.05) is 0 Å². The summed E-state index contributed by atoms with van der Waals surface area (Å²) in [5.41, 5.74) is 0. The summed E-state index contributed by atoms with van der Waals surface area (Å²) in [6.45, 7) is 3.61. The summed E-state index contributed by atoms with van der Waals surface area (Å²) in [5.74, 6) is -0.833. The average molecular weight is 192 g/mol. The lowest BCUT2D eigenvalue weighted by Crippen LogP contribution is -1.80. The van der Waals surface area contributed by atoms with Gasteiger partial charge in [0.15, 0.2) is 17.4 Å². The first-order valence-corrected chi connectivity index (χ1v) is 3.95. The third-order valence-electron chi connectivity index (χ3n) is 1.01. The molecule has 0 saturated carbocycles. The van der Waals surface area contributed by atoms with Gasteiger partial charge in [-0.3, -0.25) is 4.79 Å². The van der Waals surface area contributed by atoms with Gasteiger partial charge in [-0.05, 0) is 6.42 Å². The van der Waals surface area contributed by atoms with Crippen molar-refractivity contribution < 1.29 is 15.0 Å². The van der Waals surface area contributed by atoms with Gasteiger partial charge in [-0.1, -0.05) is 26.2 Å². The Hall–Kier alpha value is -0.0375. The van der Waals surface area contributed by atoms with Crippen molar-refractivity contribution >= 4 is 23.3 Å². The minimum Gasteiger partial charge on any atom is -0.481 e. The van der Waals surface area contributed by atoms with E-state index in [4.69, 9.17) is 15.0 Å². The molecule has 0 aliphatic rings. The van der Waals surface area contributed by atoms with Crippen LogP contribution < -0.4 is 0 Å². The highest BCUT2D eigenvalue weighted by atomic mass is 27.0. The zero-order chi connectivity index (χ0) is 9.11. The molecule has 0 heterocycles. The number of unbranched alkanes of at least 4 members (excludes halogenated alkanes) is 3. The first kappa shape index (κ1) is 17.9. The van der Waals surface area contributed by atoms with Crippen LogP contribution in [-0.4, -0.2) is 40.2 Å². The predicted molar refractivity (Wildman–Crippen MR) is 54.5 cm³/mol. The lowest BCUT2D eigenvalue weighted by Gasteiger charge is -1.90. The standard InChI is InChI=1S/C6H14O.C2H4O2.Al.3H/c1-2-3-4-5-6-7;1-2(3)4;;;;/h7H,2-6H2,1H3;1H3,(H,3,4);;;;. The van der Waals surface area contributed by atoms with Crippen molar-refractivity contribution in [3.05, 3.63) is 0 Å². The number of hydrogen-bond acceptors (Lipinski definition) is 2. The van der Waals surface area contributed by atoms with Crippen LogP contribution in [0.4, 0.5) is 0 Å². The van der Waals surface area contributed by atoms with E-state index in [1.165, 1.54) is 19.3 Å². The summed E-state index contributed by atoms with van der Waals surface area (Å²) < 4.78 is 0. The number of rotatable bonds is 4. The Morgan fingerprint density at radius 1 is 1.25 bits per heavy atom. The normalized spacial score (nSPS) is 7.58. The topological polar surface area (TPSA) is 57.5 Å². The molecule has 4 heteroatoms. The highest BCUT2D eigenvalue weighted by Crippen LogP contribution is 1.95. The smallest absolute Gasteiger partial charge is 0.300 e. The van der Waals surface area contributed by atoms with Crippen LogP contribution in [0.3, 0.4) is 0 Å². The second kappa shape index (κ2) is 17.2. The van der Waals surface area contributed by atoms with Crippen molar-refractivity contribution in [2.45, 2.75) is 39.5 Å². The fourth-order valence-electron chi connectivity index (χ4n) is 0.539. The Morgan fingerprint density at radius 2 is 1.67 bits per heavy atom. The van der Waals surface area contributed by atoms with Crippen molar-refractivity contribution in [2.24, 2.45) is 0 Å². The molecule has 12 heavy (non-hydrogen) atoms. The maximum absolute atomic E-state index is 9.00. The third kappa shape index (κ3) is 51.0. The molecule has 0 radical (unpaired) electrons. The maximum Gasteiger partial charge on any atom is 0.300 e. The van der Waals surface area contributed by atoms with Gasteiger partial charge in [0.05, 0.1) is 0 Å². The van der Waals surface area contributed by atoms with Crippen LogP contribution in [0.2, 0.25) is 0 Å². The molecule has 0 unspecified atom stereocenters. The number of aliphatic carboxylic acids is 1. The van der Waals surface area contributed by atoms with Crippen LogP contribution in [0.1, 0.15) is 39.5 Å². The molecule has 3 nitrogen and oxygen atoms in total. The van der Waals surface area contributed by atoms with Crippen molar-refractivity contribution in [3.63, 3.8) is 0 Å². The Balaban J connectivity index is -0.000000142. The van der Waals surface area contributed by atoms with Gasteiger partial charge in [-0.25, -0.2) is 0 Å². The molecule has 0 aromatic carbocycles. The van der Waals surface area contributed by atoms with E-state index in [9.17, 15) is 0 Å². The minimum atomic E-state index is -0.833. The second-order valence-corrected chi connectivity index (χ2v) is 2.30. The molecule has 0 aromatic heterocycles. The molecule has 0 fully saturated rings. The monoisotopic (exact) mass is 192 g/mol. The van der Waals surface area contributed by atoms with E-state index >= 15 is 0 Å². The first-order chi connectivity index (χ1) is 5.15. The number of carboxylic acids is 1. The average Bonchev–Trinajstić information content (AvgIpc) is 1.88. The lowest BCUT2D eigenvalue weighted by atomic mass is 10.2. The largest absolute Gasteiger partial charge is 0.481 e. The van der Waals surface area contributed by atoms with Gasteiger partial charge in [-0.15, -0.1) is 0 Å². The van der Waals surface area contributed by atoms with Gasteiger partial charge in [0.25, 0.3) is 5.97 Å². The quantitative estimate of drug-likeness (QED) is 0.502. The van der Waals surface area contributed by atoms with Crippen molar-refractivity contribution in [3.8, 4) is 0 Å². The molecule has 0 bridgehead atoms. The molecule has 0 aliphatic heterocycles. The second-order valence-electron chi connectivity index (χ2n) is 2.30. The molecule has 0 atom stereocenters. The zero-order valence-corrected chi connectivity index (χ0v) is 7.34. The molecule has 2 N–H and O–H groups in total. The van der Waals surface area contributed by atoms with E-state index in [-0.39, 0.29) is 17.4 Å². The van der Waals surface area contributed by atoms with E-state index < -0.39 is 5.97 Å². The van der Waals surface area contributed by atoms with Crippen LogP contribution in [0.25, 0.3) is 0 Å². The van der Waals surface area contributed by atoms with E-state index in [0.717, 1.165) is 13.3 Å². The summed E-state index contributed by atoms with van der Waals surface area (Å²) in [5, 5.41) is 15.7. The number of aliphatic hydroxyl groups excluding tert-OH is 1. The Bertz CT molecular complexity index is 78.4. The van der Waals surface area contributed by atoms with Gasteiger partial charge in [-0.2, -0.15) is 0 Å². The van der Waals surface area contributed by atoms with Crippen molar-refractivity contribution in [1.82, 2.24) is 0 Å². The lowest BCUT2D eigenvalue weighted by molar-refractivity contribution is -0.134. The first-order valence-electron chi connectivity index (χ1n) is 3.95. The van der Waals surface area contributed by atoms with Crippen molar-refractivity contribution in [2.75, 3.05) is 6.61 Å². The van der Waals surface area contributed by atoms with Gasteiger partial charge in [0, 0.05) is 13.5 Å². The zero-order valence-electron chi connectivity index (χ0n) is 7.34. The minimum absolute atomic E-state index is 0. The Labute approximate surface area is 84.9 Å². The SMILES string of the molecule is CC(=O)O.CCCCCCO.[AlH3]. The molecular formula is C8H21AlO3. The fraction of sp³-hybridized carbons (Fsp3) is 0.875. The predicted octanol–water partition coefficient (Wildman–Crippen LogP) is 0.466. The van der Waals surface area contributed by atoms with Crippen LogP contribution >= 0.6 is 0 Å². The van der Waals surface area contributed by atoms with Gasteiger partial charge in [0.2, 0.25) is 0 Å². The summed E-state index contributed by atoms with van der Waals surface area (Å²) in [6, 6.07) is 0. The number of carbonyl (C=O) groups is 1. The Kier molecular flexibility index (Phi) is 25.6. The summed E-state index contributed by atoms with van der Waals surface area (Å²) in [4.78, 5) is 9.00. The molecule has 0 aliphatic carbocycles. The number of hydrogen-bond donors (Lipinski definition) is 2. The molecule has 0 rings (SSSR count). The van der Waals surface area contributed by atoms with Gasteiger partial charge >= 0.3 is 0 Å². The number of aliphatic hydroxyl groups is 1. The summed E-state index contributed by atoms with van der Waals surface area (Å²) in [6.07, 6.45) is 4.68. The van der Waals surface area contributed by atoms with Crippen LogP contribution in [0, 0.1) is 0 Å². The van der Waals surface area contributed by atoms with E-state index in [0.29, 0.717) is 6.61 Å². The van der Waals surface area contributed by atoms with Crippen LogP contribution in [-0.2, 0) is 4.79 Å². The Morgan fingerprint density at radius 3 is 1.92 bits per heavy atom. The number of carboxylic acid groups (broad SMARTS) is 1. The van der Waals surface area contributed by atoms with Crippen LogP contribution in [0.5, 0.6) is 0 Å². The van der Waals surface area contributed by atoms with E-state index in [1.54, 1.807) is 0 Å². The van der Waals surface area contributed by atoms with E-state index in [2.05, 4.69) is 6.92 Å². The molecule has 0 amide bonds. The molecule has 0 saturated heterocycles. The molecule has 0 aromatic rings. The fourth-order valence-corrected chi connectivity index (χ4v) is 0.539. The van der Waals surface area contributed by atoms with Gasteiger partial charge < -0.3 is 10.2 Å². The molecule has 0 spiro atoms. The highest BCUT2D eigenvalue weighted by molar-refractivity contribution is 5.75. The van der Waals surface area contributed by atoms with Crippen LogP contribution in [0.15, 0.2) is 0 Å². The van der Waals surface area contributed by atoms with Gasteiger partial charge in [0.1, 0.15) is 0 Å². The molecular weight excluding hydrogens is 171 g/mol.